The van der Waals surface area contributed by atoms with Crippen molar-refractivity contribution in [3.8, 4) is 22.8 Å². The van der Waals surface area contributed by atoms with Crippen molar-refractivity contribution in [3.05, 3.63) is 60.0 Å². The van der Waals surface area contributed by atoms with Gasteiger partial charge in [0.1, 0.15) is 13.2 Å². The van der Waals surface area contributed by atoms with Gasteiger partial charge in [-0.1, -0.05) is 5.16 Å². The van der Waals surface area contributed by atoms with Crippen molar-refractivity contribution in [2.75, 3.05) is 45.9 Å². The topological polar surface area (TPSA) is 80.9 Å². The predicted octanol–water partition coefficient (Wildman–Crippen LogP) is 2.51. The first-order valence-electron chi connectivity index (χ1n) is 10.5. The second-order valence-corrected chi connectivity index (χ2v) is 7.67. The van der Waals surface area contributed by atoms with E-state index in [0.717, 1.165) is 31.6 Å². The van der Waals surface area contributed by atoms with Gasteiger partial charge < -0.3 is 18.9 Å². The number of hydrogen-bond acceptors (Lipinski definition) is 7. The van der Waals surface area contributed by atoms with Crippen molar-refractivity contribution in [2.24, 2.45) is 0 Å². The third-order valence-electron chi connectivity index (χ3n) is 5.68. The summed E-state index contributed by atoms with van der Waals surface area (Å²) in [7, 11) is 0. The number of piperazine rings is 1. The Morgan fingerprint density at radius 2 is 1.71 bits per heavy atom. The maximum absolute atomic E-state index is 12.9. The highest BCUT2D eigenvalue weighted by atomic mass is 16.6. The first-order valence-corrected chi connectivity index (χ1v) is 10.5. The molecule has 0 unspecified atom stereocenters. The summed E-state index contributed by atoms with van der Waals surface area (Å²) >= 11 is 0. The summed E-state index contributed by atoms with van der Waals surface area (Å²) in [6, 6.07) is 11.4. The van der Waals surface area contributed by atoms with E-state index in [9.17, 15) is 4.79 Å². The van der Waals surface area contributed by atoms with Crippen molar-refractivity contribution in [2.45, 2.75) is 6.42 Å². The molecule has 0 radical (unpaired) electrons. The van der Waals surface area contributed by atoms with Gasteiger partial charge in [-0.25, -0.2) is 0 Å². The summed E-state index contributed by atoms with van der Waals surface area (Å²) < 4.78 is 16.6. The lowest BCUT2D eigenvalue weighted by atomic mass is 10.1. The smallest absolute Gasteiger partial charge is 0.276 e. The molecule has 2 aliphatic rings. The molecule has 0 bridgehead atoms. The molecule has 1 aromatic carbocycles. The van der Waals surface area contributed by atoms with Gasteiger partial charge in [-0.2, -0.15) is 0 Å². The first kappa shape index (κ1) is 19.6. The average molecular weight is 420 g/mol. The van der Waals surface area contributed by atoms with Crippen LogP contribution >= 0.6 is 0 Å². The van der Waals surface area contributed by atoms with Gasteiger partial charge in [0, 0.05) is 56.7 Å². The maximum atomic E-state index is 12.9. The number of pyridine rings is 1. The fraction of sp³-hybridized carbons (Fsp3) is 0.348. The Bertz CT molecular complexity index is 1040. The van der Waals surface area contributed by atoms with E-state index in [1.54, 1.807) is 6.07 Å². The molecule has 2 aliphatic heterocycles. The average Bonchev–Trinajstić information content (AvgIpc) is 3.33. The zero-order chi connectivity index (χ0) is 21.0. The number of rotatable bonds is 5. The van der Waals surface area contributed by atoms with E-state index in [-0.39, 0.29) is 5.91 Å². The lowest BCUT2D eigenvalue weighted by molar-refractivity contribution is 0.0628. The molecule has 3 aromatic rings. The van der Waals surface area contributed by atoms with Crippen molar-refractivity contribution in [1.29, 1.82) is 0 Å². The van der Waals surface area contributed by atoms with Crippen LogP contribution in [0.4, 0.5) is 0 Å². The summed E-state index contributed by atoms with van der Waals surface area (Å²) in [5, 5.41) is 4.02. The molecule has 160 valence electrons. The number of amides is 1. The van der Waals surface area contributed by atoms with Crippen molar-refractivity contribution >= 4 is 5.91 Å². The minimum absolute atomic E-state index is 0.0960. The molecule has 0 aliphatic carbocycles. The van der Waals surface area contributed by atoms with Gasteiger partial charge in [-0.3, -0.25) is 14.7 Å². The SMILES string of the molecule is O=C(c1cc(-c2ccc3c(c2)OCCO3)on1)N1CCN(CCc2ccncc2)CC1. The quantitative estimate of drug-likeness (QED) is 0.627. The summed E-state index contributed by atoms with van der Waals surface area (Å²) in [4.78, 5) is 21.2. The largest absolute Gasteiger partial charge is 0.486 e. The van der Waals surface area contributed by atoms with Crippen LogP contribution in [0.5, 0.6) is 11.5 Å². The fourth-order valence-electron chi connectivity index (χ4n) is 3.88. The summed E-state index contributed by atoms with van der Waals surface area (Å²) in [6.45, 7) is 5.11. The third-order valence-corrected chi connectivity index (χ3v) is 5.68. The number of nitrogens with zero attached hydrogens (tertiary/aromatic N) is 4. The van der Waals surface area contributed by atoms with Crippen LogP contribution in [0.15, 0.2) is 53.3 Å². The highest BCUT2D eigenvalue weighted by Crippen LogP contribution is 2.34. The van der Waals surface area contributed by atoms with Gasteiger partial charge in [0.15, 0.2) is 23.0 Å². The van der Waals surface area contributed by atoms with Crippen LogP contribution in [-0.2, 0) is 6.42 Å². The number of ether oxygens (including phenoxy) is 2. The van der Waals surface area contributed by atoms with Crippen molar-refractivity contribution < 1.29 is 18.8 Å². The molecule has 8 nitrogen and oxygen atoms in total. The van der Waals surface area contributed by atoms with Crippen molar-refractivity contribution in [3.63, 3.8) is 0 Å². The van der Waals surface area contributed by atoms with E-state index in [0.29, 0.717) is 49.3 Å². The Hall–Kier alpha value is -3.39. The van der Waals surface area contributed by atoms with Gasteiger partial charge in [-0.15, -0.1) is 0 Å². The molecule has 0 spiro atoms. The predicted molar refractivity (Wildman–Crippen MR) is 113 cm³/mol. The first-order chi connectivity index (χ1) is 15.3. The Morgan fingerprint density at radius 1 is 0.935 bits per heavy atom. The van der Waals surface area contributed by atoms with Crippen LogP contribution < -0.4 is 9.47 Å². The number of carbonyl (C=O) groups excluding carboxylic acids is 1. The van der Waals surface area contributed by atoms with Gasteiger partial charge in [0.25, 0.3) is 5.91 Å². The zero-order valence-electron chi connectivity index (χ0n) is 17.2. The van der Waals surface area contributed by atoms with E-state index in [1.165, 1.54) is 5.56 Å². The molecule has 2 aromatic heterocycles. The van der Waals surface area contributed by atoms with Crippen molar-refractivity contribution in [1.82, 2.24) is 19.9 Å². The second kappa shape index (κ2) is 8.77. The molecule has 1 saturated heterocycles. The van der Waals surface area contributed by atoms with E-state index in [1.807, 2.05) is 47.6 Å². The van der Waals surface area contributed by atoms with Gasteiger partial charge in [-0.05, 0) is 42.3 Å². The Kier molecular flexibility index (Phi) is 5.54. The lowest BCUT2D eigenvalue weighted by Gasteiger charge is -2.34. The fourth-order valence-corrected chi connectivity index (χ4v) is 3.88. The summed E-state index contributed by atoms with van der Waals surface area (Å²) in [5.41, 5.74) is 2.41. The molecule has 31 heavy (non-hydrogen) atoms. The third kappa shape index (κ3) is 4.39. The summed E-state index contributed by atoms with van der Waals surface area (Å²) in [6.07, 6.45) is 4.63. The van der Waals surface area contributed by atoms with Gasteiger partial charge in [0.2, 0.25) is 0 Å². The molecule has 5 rings (SSSR count). The van der Waals surface area contributed by atoms with Crippen LogP contribution in [-0.4, -0.2) is 71.8 Å². The Morgan fingerprint density at radius 3 is 2.52 bits per heavy atom. The zero-order valence-corrected chi connectivity index (χ0v) is 17.2. The molecule has 4 heterocycles. The Balaban J connectivity index is 1.18. The molecule has 0 atom stereocenters. The van der Waals surface area contributed by atoms with Gasteiger partial charge >= 0.3 is 0 Å². The van der Waals surface area contributed by atoms with E-state index >= 15 is 0 Å². The number of hydrogen-bond donors (Lipinski definition) is 0. The monoisotopic (exact) mass is 420 g/mol. The molecule has 0 N–H and O–H groups in total. The number of aromatic nitrogens is 2. The molecule has 1 amide bonds. The molecule has 8 heteroatoms. The summed E-state index contributed by atoms with van der Waals surface area (Å²) in [5.74, 6) is 1.83. The molecule has 1 fully saturated rings. The van der Waals surface area contributed by atoms with Gasteiger partial charge in [0.05, 0.1) is 0 Å². The molecular weight excluding hydrogens is 396 g/mol. The van der Waals surface area contributed by atoms with E-state index < -0.39 is 0 Å². The van der Waals surface area contributed by atoms with E-state index in [2.05, 4.69) is 15.0 Å². The standard InChI is InChI=1S/C23H24N4O4/c28-23(27-11-9-26(10-12-27)8-5-17-3-6-24-7-4-17)19-16-21(31-25-19)18-1-2-20-22(15-18)30-14-13-29-20/h1-4,6-7,15-16H,5,8-14H2. The molecular formula is C23H24N4O4. The second-order valence-electron chi connectivity index (χ2n) is 7.67. The minimum Gasteiger partial charge on any atom is -0.486 e. The number of carbonyl (C=O) groups is 1. The normalized spacial score (nSPS) is 16.3. The van der Waals surface area contributed by atoms with Crippen LogP contribution in [0.25, 0.3) is 11.3 Å². The maximum Gasteiger partial charge on any atom is 0.276 e. The molecule has 0 saturated carbocycles. The number of benzene rings is 1. The Labute approximate surface area is 180 Å². The van der Waals surface area contributed by atoms with Crippen LogP contribution in [0, 0.1) is 0 Å². The van der Waals surface area contributed by atoms with E-state index in [4.69, 9.17) is 14.0 Å². The van der Waals surface area contributed by atoms with Crippen LogP contribution in [0.2, 0.25) is 0 Å². The minimum atomic E-state index is -0.0960. The highest BCUT2D eigenvalue weighted by molar-refractivity contribution is 5.93. The van der Waals surface area contributed by atoms with Crippen LogP contribution in [0.3, 0.4) is 0 Å². The lowest BCUT2D eigenvalue weighted by Crippen LogP contribution is -2.49. The highest BCUT2D eigenvalue weighted by Gasteiger charge is 2.25. The van der Waals surface area contributed by atoms with Crippen LogP contribution in [0.1, 0.15) is 16.1 Å². The number of fused-ring (bicyclic) bond motifs is 1.